The van der Waals surface area contributed by atoms with E-state index in [1.54, 1.807) is 0 Å². The van der Waals surface area contributed by atoms with Crippen LogP contribution >= 0.6 is 0 Å². The minimum Gasteiger partial charge on any atom is -0.241 e. The summed E-state index contributed by atoms with van der Waals surface area (Å²) >= 11 is 0. The fourth-order valence-electron chi connectivity index (χ4n) is 1.06. The van der Waals surface area contributed by atoms with Gasteiger partial charge < -0.3 is 0 Å². The van der Waals surface area contributed by atoms with E-state index in [-0.39, 0.29) is 5.41 Å². The third kappa shape index (κ3) is 2.06. The average Bonchev–Trinajstić information content (AvgIpc) is 2.03. The summed E-state index contributed by atoms with van der Waals surface area (Å²) in [5.74, 6) is 0. The van der Waals surface area contributed by atoms with Crippen molar-refractivity contribution in [2.75, 3.05) is 0 Å². The van der Waals surface area contributed by atoms with Crippen LogP contribution in [0.15, 0.2) is 12.1 Å². The lowest BCUT2D eigenvalue weighted by atomic mass is 9.91. The number of hydrogen-bond acceptors (Lipinski definition) is 2. The lowest BCUT2D eigenvalue weighted by Gasteiger charge is -2.17. The number of aromatic nitrogens is 1. The summed E-state index contributed by atoms with van der Waals surface area (Å²) < 4.78 is 0. The molecule has 0 unspecified atom stereocenters. The van der Waals surface area contributed by atoms with Crippen LogP contribution in [0.2, 0.25) is 0 Å². The molecule has 2 nitrogen and oxygen atoms in total. The number of pyridine rings is 1. The first kappa shape index (κ1) is 9.73. The minimum absolute atomic E-state index is 0.0132. The van der Waals surface area contributed by atoms with Crippen LogP contribution in [0.5, 0.6) is 0 Å². The van der Waals surface area contributed by atoms with Crippen LogP contribution in [0.1, 0.15) is 37.7 Å². The second-order valence-electron chi connectivity index (χ2n) is 4.22. The molecule has 0 amide bonds. The predicted octanol–water partition coefficient (Wildman–Crippen LogP) is 2.56. The van der Waals surface area contributed by atoms with Gasteiger partial charge in [-0.3, -0.25) is 0 Å². The van der Waals surface area contributed by atoms with Gasteiger partial charge >= 0.3 is 0 Å². The van der Waals surface area contributed by atoms with Gasteiger partial charge in [0.2, 0.25) is 0 Å². The summed E-state index contributed by atoms with van der Waals surface area (Å²) in [6.45, 7) is 8.17. The molecule has 1 aromatic rings. The average molecular weight is 174 g/mol. The number of nitriles is 1. The molecule has 0 radical (unpaired) electrons. The van der Waals surface area contributed by atoms with E-state index in [1.807, 2.05) is 19.1 Å². The van der Waals surface area contributed by atoms with Crippen LogP contribution < -0.4 is 0 Å². The molecule has 0 atom stereocenters. The second kappa shape index (κ2) is 3.18. The van der Waals surface area contributed by atoms with Crippen molar-refractivity contribution in [2.45, 2.75) is 33.1 Å². The number of aryl methyl sites for hydroxylation is 1. The maximum absolute atomic E-state index is 8.80. The van der Waals surface area contributed by atoms with Gasteiger partial charge in [0.05, 0.1) is 0 Å². The first-order chi connectivity index (χ1) is 5.95. The molecule has 0 fully saturated rings. The van der Waals surface area contributed by atoms with Gasteiger partial charge in [-0.25, -0.2) is 4.98 Å². The molecule has 0 aliphatic heterocycles. The van der Waals surface area contributed by atoms with Crippen LogP contribution in [0.25, 0.3) is 0 Å². The van der Waals surface area contributed by atoms with Gasteiger partial charge in [0.25, 0.3) is 0 Å². The van der Waals surface area contributed by atoms with Crippen molar-refractivity contribution in [1.29, 1.82) is 5.26 Å². The molecule has 1 heterocycles. The van der Waals surface area contributed by atoms with Crippen LogP contribution in [0.3, 0.4) is 0 Å². The van der Waals surface area contributed by atoms with Crippen molar-refractivity contribution in [1.82, 2.24) is 4.98 Å². The zero-order chi connectivity index (χ0) is 10.1. The van der Waals surface area contributed by atoms with E-state index in [1.165, 1.54) is 0 Å². The molecule has 0 bridgehead atoms. The monoisotopic (exact) mass is 174 g/mol. The maximum Gasteiger partial charge on any atom is 0.143 e. The number of hydrogen-bond donors (Lipinski definition) is 0. The molecule has 0 saturated carbocycles. The van der Waals surface area contributed by atoms with E-state index in [9.17, 15) is 0 Å². The third-order valence-corrected chi connectivity index (χ3v) is 1.97. The quantitative estimate of drug-likeness (QED) is 0.606. The van der Waals surface area contributed by atoms with Crippen LogP contribution in [0.4, 0.5) is 0 Å². The maximum atomic E-state index is 8.80. The van der Waals surface area contributed by atoms with Crippen LogP contribution in [-0.4, -0.2) is 4.98 Å². The van der Waals surface area contributed by atoms with E-state index in [0.717, 1.165) is 11.3 Å². The van der Waals surface area contributed by atoms with Gasteiger partial charge in [-0.15, -0.1) is 0 Å². The first-order valence-electron chi connectivity index (χ1n) is 4.33. The van der Waals surface area contributed by atoms with Crippen molar-refractivity contribution in [3.05, 3.63) is 29.1 Å². The zero-order valence-corrected chi connectivity index (χ0v) is 8.55. The first-order valence-corrected chi connectivity index (χ1v) is 4.33. The van der Waals surface area contributed by atoms with Crippen molar-refractivity contribution in [3.8, 4) is 6.07 Å². The van der Waals surface area contributed by atoms with E-state index in [0.29, 0.717) is 5.69 Å². The highest BCUT2D eigenvalue weighted by Crippen LogP contribution is 2.20. The van der Waals surface area contributed by atoms with Gasteiger partial charge in [-0.1, -0.05) is 26.8 Å². The van der Waals surface area contributed by atoms with Crippen molar-refractivity contribution in [2.24, 2.45) is 0 Å². The Labute approximate surface area is 79.2 Å². The van der Waals surface area contributed by atoms with Gasteiger partial charge in [0.1, 0.15) is 11.8 Å². The van der Waals surface area contributed by atoms with Gasteiger partial charge in [0, 0.05) is 11.1 Å². The standard InChI is InChI=1S/C11H14N2/c1-8-5-6-10(11(2,3)4)13-9(8)7-12/h5-6H,1-4H3. The highest BCUT2D eigenvalue weighted by Gasteiger charge is 2.16. The molecule has 0 saturated heterocycles. The molecule has 0 aromatic carbocycles. The Hall–Kier alpha value is -1.36. The van der Waals surface area contributed by atoms with Crippen molar-refractivity contribution in [3.63, 3.8) is 0 Å². The zero-order valence-electron chi connectivity index (χ0n) is 8.55. The molecular formula is C11H14N2. The summed E-state index contributed by atoms with van der Waals surface area (Å²) in [4.78, 5) is 4.30. The van der Waals surface area contributed by atoms with E-state index >= 15 is 0 Å². The van der Waals surface area contributed by atoms with Crippen LogP contribution in [-0.2, 0) is 5.41 Å². The fourth-order valence-corrected chi connectivity index (χ4v) is 1.06. The molecule has 1 rings (SSSR count). The molecular weight excluding hydrogens is 160 g/mol. The predicted molar refractivity (Wildman–Crippen MR) is 52.4 cm³/mol. The van der Waals surface area contributed by atoms with E-state index in [2.05, 4.69) is 31.8 Å². The highest BCUT2D eigenvalue weighted by molar-refractivity contribution is 5.32. The molecule has 0 N–H and O–H groups in total. The summed E-state index contributed by atoms with van der Waals surface area (Å²) in [5, 5.41) is 8.80. The SMILES string of the molecule is Cc1ccc(C(C)(C)C)nc1C#N. The third-order valence-electron chi connectivity index (χ3n) is 1.97. The molecule has 13 heavy (non-hydrogen) atoms. The molecule has 1 aromatic heterocycles. The normalized spacial score (nSPS) is 11.0. The largest absolute Gasteiger partial charge is 0.241 e. The molecule has 0 aliphatic carbocycles. The number of rotatable bonds is 0. The second-order valence-corrected chi connectivity index (χ2v) is 4.22. The van der Waals surface area contributed by atoms with Gasteiger partial charge in [-0.2, -0.15) is 5.26 Å². The summed E-state index contributed by atoms with van der Waals surface area (Å²) in [5.41, 5.74) is 2.46. The Kier molecular flexibility index (Phi) is 2.38. The molecule has 0 aliphatic rings. The molecule has 68 valence electrons. The Bertz CT molecular complexity index is 353. The Balaban J connectivity index is 3.24. The van der Waals surface area contributed by atoms with E-state index in [4.69, 9.17) is 5.26 Å². The van der Waals surface area contributed by atoms with Gasteiger partial charge in [-0.05, 0) is 18.6 Å². The summed E-state index contributed by atoms with van der Waals surface area (Å²) in [6.07, 6.45) is 0. The lowest BCUT2D eigenvalue weighted by molar-refractivity contribution is 0.568. The topological polar surface area (TPSA) is 36.7 Å². The summed E-state index contributed by atoms with van der Waals surface area (Å²) in [7, 11) is 0. The Morgan fingerprint density at radius 1 is 1.31 bits per heavy atom. The van der Waals surface area contributed by atoms with Gasteiger partial charge in [0.15, 0.2) is 0 Å². The summed E-state index contributed by atoms with van der Waals surface area (Å²) in [6, 6.07) is 6.03. The highest BCUT2D eigenvalue weighted by atomic mass is 14.7. The van der Waals surface area contributed by atoms with Crippen molar-refractivity contribution >= 4 is 0 Å². The van der Waals surface area contributed by atoms with Crippen molar-refractivity contribution < 1.29 is 0 Å². The minimum atomic E-state index is 0.0132. The molecule has 2 heteroatoms. The number of nitrogens with zero attached hydrogens (tertiary/aromatic N) is 2. The Morgan fingerprint density at radius 3 is 2.38 bits per heavy atom. The van der Waals surface area contributed by atoms with Crippen LogP contribution in [0, 0.1) is 18.3 Å². The lowest BCUT2D eigenvalue weighted by Crippen LogP contribution is -2.14. The fraction of sp³-hybridized carbons (Fsp3) is 0.455. The Morgan fingerprint density at radius 2 is 1.92 bits per heavy atom. The molecule has 0 spiro atoms. The smallest absolute Gasteiger partial charge is 0.143 e. The van der Waals surface area contributed by atoms with E-state index < -0.39 is 0 Å².